The van der Waals surface area contributed by atoms with Crippen LogP contribution < -0.4 is 0 Å². The van der Waals surface area contributed by atoms with Crippen molar-refractivity contribution < 1.29 is 15.0 Å². The van der Waals surface area contributed by atoms with Crippen molar-refractivity contribution in [3.05, 3.63) is 27.9 Å². The fourth-order valence-electron chi connectivity index (χ4n) is 2.34. The van der Waals surface area contributed by atoms with Crippen LogP contribution in [0.3, 0.4) is 0 Å². The first-order valence-corrected chi connectivity index (χ1v) is 7.02. The van der Waals surface area contributed by atoms with Gasteiger partial charge in [-0.1, -0.05) is 11.6 Å². The molecule has 0 saturated heterocycles. The summed E-state index contributed by atoms with van der Waals surface area (Å²) >= 11 is 7.25. The molecule has 3 heterocycles. The summed E-state index contributed by atoms with van der Waals surface area (Å²) in [6.45, 7) is 0.375. The molecule has 0 radical (unpaired) electrons. The quantitative estimate of drug-likeness (QED) is 0.892. The summed E-state index contributed by atoms with van der Waals surface area (Å²) in [5, 5.41) is 19.0. The third kappa shape index (κ3) is 2.16. The highest BCUT2D eigenvalue weighted by molar-refractivity contribution is 7.19. The van der Waals surface area contributed by atoms with Gasteiger partial charge in [0.05, 0.1) is 27.6 Å². The molecule has 2 aromatic heterocycles. The van der Waals surface area contributed by atoms with Crippen LogP contribution in [0.25, 0.3) is 10.7 Å². The summed E-state index contributed by atoms with van der Waals surface area (Å²) in [6, 6.07) is 3.57. The highest BCUT2D eigenvalue weighted by Crippen LogP contribution is 2.33. The number of nitrogens with zero attached hydrogens (tertiary/aromatic N) is 2. The maximum atomic E-state index is 11.2. The maximum absolute atomic E-state index is 11.2. The molecule has 19 heavy (non-hydrogen) atoms. The highest BCUT2D eigenvalue weighted by Gasteiger charge is 2.28. The number of fused-ring (bicyclic) bond motifs is 1. The first kappa shape index (κ1) is 12.7. The van der Waals surface area contributed by atoms with Gasteiger partial charge in [0.1, 0.15) is 0 Å². The maximum Gasteiger partial charge on any atom is 0.356 e. The van der Waals surface area contributed by atoms with E-state index in [2.05, 4.69) is 4.98 Å². The van der Waals surface area contributed by atoms with Crippen molar-refractivity contribution in [3.63, 3.8) is 0 Å². The van der Waals surface area contributed by atoms with E-state index in [-0.39, 0.29) is 5.69 Å². The van der Waals surface area contributed by atoms with E-state index in [1.54, 1.807) is 10.6 Å². The number of imidazole rings is 1. The van der Waals surface area contributed by atoms with E-state index < -0.39 is 12.1 Å². The number of aromatic carboxylic acids is 1. The van der Waals surface area contributed by atoms with Crippen molar-refractivity contribution in [1.29, 1.82) is 0 Å². The first-order valence-electron chi connectivity index (χ1n) is 5.82. The molecular formula is C12H11ClN2O3S. The molecule has 1 aliphatic rings. The van der Waals surface area contributed by atoms with Crippen molar-refractivity contribution in [3.8, 4) is 10.7 Å². The van der Waals surface area contributed by atoms with Crippen LogP contribution in [0.1, 0.15) is 22.6 Å². The Bertz CT molecular complexity index is 649. The van der Waals surface area contributed by atoms with E-state index in [0.29, 0.717) is 35.2 Å². The second-order valence-electron chi connectivity index (χ2n) is 4.44. The zero-order chi connectivity index (χ0) is 13.6. The number of hydrogen-bond donors (Lipinski definition) is 2. The molecule has 0 spiro atoms. The van der Waals surface area contributed by atoms with Crippen molar-refractivity contribution in [2.45, 2.75) is 25.5 Å². The highest BCUT2D eigenvalue weighted by atomic mass is 35.5. The Balaban J connectivity index is 2.17. The molecule has 7 heteroatoms. The van der Waals surface area contributed by atoms with Crippen LogP contribution in [-0.2, 0) is 13.0 Å². The van der Waals surface area contributed by atoms with Gasteiger partial charge >= 0.3 is 5.97 Å². The summed E-state index contributed by atoms with van der Waals surface area (Å²) in [5.41, 5.74) is 0.753. The number of rotatable bonds is 2. The molecule has 0 fully saturated rings. The Morgan fingerprint density at radius 1 is 1.53 bits per heavy atom. The minimum atomic E-state index is -1.03. The molecule has 0 amide bonds. The van der Waals surface area contributed by atoms with Crippen molar-refractivity contribution in [2.24, 2.45) is 0 Å². The lowest BCUT2D eigenvalue weighted by Crippen LogP contribution is -2.25. The largest absolute Gasteiger partial charge is 0.476 e. The minimum absolute atomic E-state index is 0.0754. The third-order valence-electron chi connectivity index (χ3n) is 3.18. The monoisotopic (exact) mass is 298 g/mol. The standard InChI is InChI=1S/C12H11ClN2O3S/c13-9-4-3-8(19-9)11-14-10(12(17)18)7-2-1-6(16)5-15(7)11/h3-4,6,16H,1-2,5H2,(H,17,18). The molecule has 1 aliphatic heterocycles. The van der Waals surface area contributed by atoms with Crippen LogP contribution in [0.2, 0.25) is 4.34 Å². The van der Waals surface area contributed by atoms with Crippen LogP contribution >= 0.6 is 22.9 Å². The number of aliphatic hydroxyl groups excluding tert-OH is 1. The SMILES string of the molecule is O=C(O)c1nc(-c2ccc(Cl)s2)n2c1CCC(O)C2. The lowest BCUT2D eigenvalue weighted by atomic mass is 10.1. The van der Waals surface area contributed by atoms with Crippen molar-refractivity contribution >= 4 is 28.9 Å². The topological polar surface area (TPSA) is 75.3 Å². The molecule has 1 unspecified atom stereocenters. The lowest BCUT2D eigenvalue weighted by molar-refractivity contribution is 0.0686. The molecule has 100 valence electrons. The fourth-order valence-corrected chi connectivity index (χ4v) is 3.38. The molecule has 0 aliphatic carbocycles. The number of aliphatic hydroxyl groups is 1. The second kappa shape index (κ2) is 4.63. The number of halogens is 1. The average Bonchev–Trinajstić information content (AvgIpc) is 2.92. The molecule has 2 aromatic rings. The van der Waals surface area contributed by atoms with E-state index in [9.17, 15) is 15.0 Å². The summed E-state index contributed by atoms with van der Waals surface area (Å²) in [4.78, 5) is 16.3. The lowest BCUT2D eigenvalue weighted by Gasteiger charge is -2.21. The van der Waals surface area contributed by atoms with Gasteiger partial charge in [-0.2, -0.15) is 0 Å². The molecule has 1 atom stereocenters. The molecule has 0 bridgehead atoms. The van der Waals surface area contributed by atoms with Crippen LogP contribution in [0, 0.1) is 0 Å². The Kier molecular flexibility index (Phi) is 3.08. The second-order valence-corrected chi connectivity index (χ2v) is 6.16. The van der Waals surface area contributed by atoms with E-state index in [4.69, 9.17) is 11.6 Å². The van der Waals surface area contributed by atoms with Gasteiger partial charge in [-0.15, -0.1) is 11.3 Å². The fraction of sp³-hybridized carbons (Fsp3) is 0.333. The van der Waals surface area contributed by atoms with Gasteiger partial charge in [0.25, 0.3) is 0 Å². The number of carbonyl (C=O) groups is 1. The smallest absolute Gasteiger partial charge is 0.356 e. The number of hydrogen-bond acceptors (Lipinski definition) is 4. The molecule has 0 aromatic carbocycles. The normalized spacial score (nSPS) is 18.3. The van der Waals surface area contributed by atoms with Gasteiger partial charge in [-0.25, -0.2) is 9.78 Å². The van der Waals surface area contributed by atoms with Gasteiger partial charge in [-0.3, -0.25) is 0 Å². The first-order chi connectivity index (χ1) is 9.06. The Labute approximate surface area is 118 Å². The average molecular weight is 299 g/mol. The van der Waals surface area contributed by atoms with Crippen molar-refractivity contribution in [2.75, 3.05) is 0 Å². The van der Waals surface area contributed by atoms with Gasteiger partial charge in [0.2, 0.25) is 0 Å². The summed E-state index contributed by atoms with van der Waals surface area (Å²) < 4.78 is 2.42. The van der Waals surface area contributed by atoms with E-state index in [1.165, 1.54) is 11.3 Å². The summed E-state index contributed by atoms with van der Waals surface area (Å²) in [7, 11) is 0. The summed E-state index contributed by atoms with van der Waals surface area (Å²) in [6.07, 6.45) is 0.628. The molecular weight excluding hydrogens is 288 g/mol. The zero-order valence-corrected chi connectivity index (χ0v) is 11.4. The molecule has 5 nitrogen and oxygen atoms in total. The molecule has 2 N–H and O–H groups in total. The zero-order valence-electron chi connectivity index (χ0n) is 9.84. The minimum Gasteiger partial charge on any atom is -0.476 e. The molecule has 3 rings (SSSR count). The predicted octanol–water partition coefficient (Wildman–Crippen LogP) is 2.27. The number of carboxylic acids is 1. The Morgan fingerprint density at radius 2 is 2.32 bits per heavy atom. The van der Waals surface area contributed by atoms with Crippen molar-refractivity contribution in [1.82, 2.24) is 9.55 Å². The Hall–Kier alpha value is -1.37. The van der Waals surface area contributed by atoms with E-state index in [0.717, 1.165) is 4.88 Å². The number of carboxylic acid groups (broad SMARTS) is 1. The van der Waals surface area contributed by atoms with Gasteiger partial charge in [0, 0.05) is 0 Å². The number of thiophene rings is 1. The van der Waals surface area contributed by atoms with Crippen LogP contribution in [0.4, 0.5) is 0 Å². The Morgan fingerprint density at radius 3 is 2.95 bits per heavy atom. The number of aromatic nitrogens is 2. The van der Waals surface area contributed by atoms with Crippen LogP contribution in [-0.4, -0.2) is 31.8 Å². The predicted molar refractivity (Wildman–Crippen MR) is 71.8 cm³/mol. The van der Waals surface area contributed by atoms with E-state index >= 15 is 0 Å². The van der Waals surface area contributed by atoms with Gasteiger partial charge < -0.3 is 14.8 Å². The van der Waals surface area contributed by atoms with E-state index in [1.807, 2.05) is 6.07 Å². The molecule has 0 saturated carbocycles. The summed E-state index contributed by atoms with van der Waals surface area (Å²) in [5.74, 6) is -0.461. The van der Waals surface area contributed by atoms with Gasteiger partial charge in [0.15, 0.2) is 11.5 Å². The van der Waals surface area contributed by atoms with Crippen LogP contribution in [0.15, 0.2) is 12.1 Å². The van der Waals surface area contributed by atoms with Gasteiger partial charge in [-0.05, 0) is 25.0 Å². The third-order valence-corrected chi connectivity index (χ3v) is 4.40. The van der Waals surface area contributed by atoms with Crippen LogP contribution in [0.5, 0.6) is 0 Å².